The monoisotopic (exact) mass is 358 g/mol. The Balaban J connectivity index is 1.72. The first-order valence-corrected chi connectivity index (χ1v) is 7.91. The van der Waals surface area contributed by atoms with Crippen molar-refractivity contribution in [2.45, 2.75) is 0 Å². The van der Waals surface area contributed by atoms with Gasteiger partial charge < -0.3 is 5.32 Å². The molecule has 3 rings (SSSR count). The topological polar surface area (TPSA) is 42.0 Å². The van der Waals surface area contributed by atoms with Crippen LogP contribution in [-0.4, -0.2) is 10.9 Å². The predicted octanol–water partition coefficient (Wildman–Crippen LogP) is 4.71. The summed E-state index contributed by atoms with van der Waals surface area (Å²) in [6.07, 6.45) is 4.97. The van der Waals surface area contributed by atoms with Crippen LogP contribution in [0.25, 0.3) is 17.0 Å². The molecule has 0 spiro atoms. The Labute approximate surface area is 134 Å². The molecule has 2 aromatic heterocycles. The molecule has 0 bridgehead atoms. The van der Waals surface area contributed by atoms with Gasteiger partial charge in [0, 0.05) is 16.3 Å². The van der Waals surface area contributed by atoms with Gasteiger partial charge in [-0.15, -0.1) is 11.3 Å². The Morgan fingerprint density at radius 1 is 1.24 bits per heavy atom. The van der Waals surface area contributed by atoms with Gasteiger partial charge in [0.25, 0.3) is 0 Å². The fraction of sp³-hybridized carbons (Fsp3) is 0. The van der Waals surface area contributed by atoms with E-state index in [1.165, 1.54) is 6.08 Å². The van der Waals surface area contributed by atoms with Gasteiger partial charge in [0.1, 0.15) is 0 Å². The maximum absolute atomic E-state index is 11.9. The summed E-state index contributed by atoms with van der Waals surface area (Å²) in [6.45, 7) is 0. The number of pyridine rings is 1. The Kier molecular flexibility index (Phi) is 4.13. The van der Waals surface area contributed by atoms with Crippen LogP contribution < -0.4 is 5.32 Å². The van der Waals surface area contributed by atoms with Crippen molar-refractivity contribution in [1.29, 1.82) is 0 Å². The molecule has 104 valence electrons. The Bertz CT molecular complexity index is 826. The van der Waals surface area contributed by atoms with E-state index in [2.05, 4.69) is 26.2 Å². The van der Waals surface area contributed by atoms with E-state index in [1.54, 1.807) is 23.6 Å². The summed E-state index contributed by atoms with van der Waals surface area (Å²) >= 11 is 4.97. The minimum absolute atomic E-state index is 0.170. The summed E-state index contributed by atoms with van der Waals surface area (Å²) < 4.78 is 1.04. The lowest BCUT2D eigenvalue weighted by Crippen LogP contribution is -2.07. The van der Waals surface area contributed by atoms with Crippen molar-refractivity contribution in [2.24, 2.45) is 0 Å². The maximum Gasteiger partial charge on any atom is 0.248 e. The van der Waals surface area contributed by atoms with Crippen molar-refractivity contribution < 1.29 is 4.79 Å². The lowest BCUT2D eigenvalue weighted by atomic mass is 10.2. The summed E-state index contributed by atoms with van der Waals surface area (Å²) in [5.74, 6) is -0.170. The normalized spacial score (nSPS) is 11.1. The maximum atomic E-state index is 11.9. The van der Waals surface area contributed by atoms with Crippen LogP contribution in [0.1, 0.15) is 4.88 Å². The SMILES string of the molecule is O=C(/C=C/c1ccc(Br)s1)Nc1cnc2ccccc2c1. The third-order valence-electron chi connectivity index (χ3n) is 2.85. The van der Waals surface area contributed by atoms with E-state index in [0.717, 1.165) is 19.6 Å². The number of carbonyl (C=O) groups excluding carboxylic acids is 1. The lowest BCUT2D eigenvalue weighted by Gasteiger charge is -2.03. The highest BCUT2D eigenvalue weighted by molar-refractivity contribution is 9.11. The number of aromatic nitrogens is 1. The fourth-order valence-corrected chi connectivity index (χ4v) is 3.23. The number of hydrogen-bond acceptors (Lipinski definition) is 3. The van der Waals surface area contributed by atoms with Gasteiger partial charge in [-0.2, -0.15) is 0 Å². The average Bonchev–Trinajstić information content (AvgIpc) is 2.91. The lowest BCUT2D eigenvalue weighted by molar-refractivity contribution is -0.111. The molecule has 0 aliphatic carbocycles. The van der Waals surface area contributed by atoms with E-state index in [-0.39, 0.29) is 5.91 Å². The molecule has 0 fully saturated rings. The number of carbonyl (C=O) groups is 1. The number of amides is 1. The smallest absolute Gasteiger partial charge is 0.248 e. The number of nitrogens with zero attached hydrogens (tertiary/aromatic N) is 1. The Morgan fingerprint density at radius 3 is 2.90 bits per heavy atom. The highest BCUT2D eigenvalue weighted by atomic mass is 79.9. The summed E-state index contributed by atoms with van der Waals surface area (Å²) in [4.78, 5) is 17.2. The second kappa shape index (κ2) is 6.20. The van der Waals surface area contributed by atoms with E-state index in [0.29, 0.717) is 5.69 Å². The molecular weight excluding hydrogens is 348 g/mol. The molecule has 1 amide bonds. The highest BCUT2D eigenvalue weighted by Crippen LogP contribution is 2.23. The van der Waals surface area contributed by atoms with Gasteiger partial charge >= 0.3 is 0 Å². The van der Waals surface area contributed by atoms with Crippen molar-refractivity contribution >= 4 is 55.8 Å². The highest BCUT2D eigenvalue weighted by Gasteiger charge is 2.01. The molecule has 3 nitrogen and oxygen atoms in total. The summed E-state index contributed by atoms with van der Waals surface area (Å²) in [5, 5.41) is 3.82. The average molecular weight is 359 g/mol. The van der Waals surface area contributed by atoms with E-state index in [1.807, 2.05) is 42.5 Å². The quantitative estimate of drug-likeness (QED) is 0.688. The van der Waals surface area contributed by atoms with Crippen LogP contribution in [0.5, 0.6) is 0 Å². The molecule has 0 unspecified atom stereocenters. The molecule has 3 aromatic rings. The number of hydrogen-bond donors (Lipinski definition) is 1. The molecule has 5 heteroatoms. The molecule has 0 saturated carbocycles. The van der Waals surface area contributed by atoms with Gasteiger partial charge in [0.15, 0.2) is 0 Å². The van der Waals surface area contributed by atoms with Crippen LogP contribution in [-0.2, 0) is 4.79 Å². The first-order valence-electron chi connectivity index (χ1n) is 6.30. The molecule has 0 aliphatic rings. The van der Waals surface area contributed by atoms with Crippen molar-refractivity contribution in [3.05, 3.63) is 63.4 Å². The number of thiophene rings is 1. The first kappa shape index (κ1) is 14.0. The number of benzene rings is 1. The van der Waals surface area contributed by atoms with Gasteiger partial charge in [-0.3, -0.25) is 9.78 Å². The number of fused-ring (bicyclic) bond motifs is 1. The first-order chi connectivity index (χ1) is 10.2. The zero-order chi connectivity index (χ0) is 14.7. The molecule has 21 heavy (non-hydrogen) atoms. The van der Waals surface area contributed by atoms with Crippen LogP contribution in [0, 0.1) is 0 Å². The van der Waals surface area contributed by atoms with E-state index < -0.39 is 0 Å². The van der Waals surface area contributed by atoms with Crippen molar-refractivity contribution in [2.75, 3.05) is 5.32 Å². The van der Waals surface area contributed by atoms with Gasteiger partial charge in [-0.25, -0.2) is 0 Å². The molecular formula is C16H11BrN2OS. The van der Waals surface area contributed by atoms with Crippen molar-refractivity contribution in [3.63, 3.8) is 0 Å². The number of anilines is 1. The second-order valence-electron chi connectivity index (χ2n) is 4.38. The third-order valence-corrected chi connectivity index (χ3v) is 4.44. The molecule has 1 N–H and O–H groups in total. The van der Waals surface area contributed by atoms with E-state index in [9.17, 15) is 4.79 Å². The van der Waals surface area contributed by atoms with Gasteiger partial charge in [-0.05, 0) is 46.3 Å². The minimum atomic E-state index is -0.170. The Hall–Kier alpha value is -1.98. The van der Waals surface area contributed by atoms with Crippen LogP contribution in [0.3, 0.4) is 0 Å². The predicted molar refractivity (Wildman–Crippen MR) is 91.4 cm³/mol. The van der Waals surface area contributed by atoms with Gasteiger partial charge in [0.05, 0.1) is 21.2 Å². The van der Waals surface area contributed by atoms with Crippen LogP contribution in [0.15, 0.2) is 58.5 Å². The summed E-state index contributed by atoms with van der Waals surface area (Å²) in [5.41, 5.74) is 1.60. The standard InChI is InChI=1S/C16H11BrN2OS/c17-15-7-5-13(21-15)6-8-16(20)19-12-9-11-3-1-2-4-14(11)18-10-12/h1-10H,(H,19,20)/b8-6+. The summed E-state index contributed by atoms with van der Waals surface area (Å²) in [6, 6.07) is 13.6. The molecule has 0 radical (unpaired) electrons. The number of nitrogens with one attached hydrogen (secondary N) is 1. The van der Waals surface area contributed by atoms with Crippen LogP contribution in [0.4, 0.5) is 5.69 Å². The van der Waals surface area contributed by atoms with E-state index >= 15 is 0 Å². The van der Waals surface area contributed by atoms with Crippen LogP contribution in [0.2, 0.25) is 0 Å². The molecule has 2 heterocycles. The van der Waals surface area contributed by atoms with Crippen molar-refractivity contribution in [1.82, 2.24) is 4.98 Å². The van der Waals surface area contributed by atoms with Gasteiger partial charge in [-0.1, -0.05) is 18.2 Å². The van der Waals surface area contributed by atoms with Crippen molar-refractivity contribution in [3.8, 4) is 0 Å². The number of para-hydroxylation sites is 1. The third kappa shape index (κ3) is 3.56. The van der Waals surface area contributed by atoms with Gasteiger partial charge in [0.2, 0.25) is 5.91 Å². The van der Waals surface area contributed by atoms with Crippen LogP contribution >= 0.6 is 27.3 Å². The molecule has 0 atom stereocenters. The largest absolute Gasteiger partial charge is 0.321 e. The summed E-state index contributed by atoms with van der Waals surface area (Å²) in [7, 11) is 0. The second-order valence-corrected chi connectivity index (χ2v) is 6.88. The Morgan fingerprint density at radius 2 is 2.10 bits per heavy atom. The fourth-order valence-electron chi connectivity index (χ4n) is 1.90. The zero-order valence-electron chi connectivity index (χ0n) is 10.9. The minimum Gasteiger partial charge on any atom is -0.321 e. The molecule has 1 aromatic carbocycles. The number of rotatable bonds is 3. The molecule has 0 aliphatic heterocycles. The number of halogens is 1. The zero-order valence-corrected chi connectivity index (χ0v) is 13.3. The molecule has 0 saturated heterocycles. The van der Waals surface area contributed by atoms with E-state index in [4.69, 9.17) is 0 Å².